The lowest BCUT2D eigenvalue weighted by atomic mass is 10.1. The Morgan fingerprint density at radius 2 is 2.00 bits per heavy atom. The molecule has 0 saturated heterocycles. The maximum Gasteiger partial charge on any atom is 0.262 e. The van der Waals surface area contributed by atoms with E-state index in [9.17, 15) is 4.79 Å². The minimum atomic E-state index is -0.221. The fraction of sp³-hybridized carbons (Fsp3) is 0.167. The lowest BCUT2D eigenvalue weighted by Crippen LogP contribution is -2.20. The van der Waals surface area contributed by atoms with E-state index in [0.717, 1.165) is 23.0 Å². The standard InChI is InChI=1S/C18H17N3O2/c1-2-13-6-5-7-14(10-13)21-17(22)11-23-18-15-8-3-4-9-16(15)19-12-20-18/h3-10,12H,2,11H2,1H3,(H,21,22). The molecule has 116 valence electrons. The number of para-hydroxylation sites is 1. The lowest BCUT2D eigenvalue weighted by Gasteiger charge is -2.09. The van der Waals surface area contributed by atoms with Crippen molar-refractivity contribution in [2.75, 3.05) is 11.9 Å². The van der Waals surface area contributed by atoms with E-state index in [1.807, 2.05) is 48.5 Å². The molecule has 1 amide bonds. The Morgan fingerprint density at radius 3 is 2.87 bits per heavy atom. The van der Waals surface area contributed by atoms with Crippen LogP contribution in [-0.2, 0) is 11.2 Å². The van der Waals surface area contributed by atoms with E-state index < -0.39 is 0 Å². The Bertz CT molecular complexity index is 828. The minimum absolute atomic E-state index is 0.0998. The number of hydrogen-bond acceptors (Lipinski definition) is 4. The van der Waals surface area contributed by atoms with Gasteiger partial charge >= 0.3 is 0 Å². The number of nitrogens with zero attached hydrogens (tertiary/aromatic N) is 2. The molecule has 0 atom stereocenters. The molecular weight excluding hydrogens is 290 g/mol. The second kappa shape index (κ2) is 6.87. The molecule has 2 aromatic carbocycles. The predicted octanol–water partition coefficient (Wildman–Crippen LogP) is 3.21. The van der Waals surface area contributed by atoms with Gasteiger partial charge in [0.05, 0.1) is 10.9 Å². The highest BCUT2D eigenvalue weighted by molar-refractivity contribution is 5.92. The van der Waals surface area contributed by atoms with Crippen molar-refractivity contribution in [2.45, 2.75) is 13.3 Å². The summed E-state index contributed by atoms with van der Waals surface area (Å²) in [6, 6.07) is 15.3. The molecule has 0 saturated carbocycles. The normalized spacial score (nSPS) is 10.5. The van der Waals surface area contributed by atoms with E-state index in [0.29, 0.717) is 5.88 Å². The second-order valence-electron chi connectivity index (χ2n) is 5.09. The number of aryl methyl sites for hydroxylation is 1. The first-order chi connectivity index (χ1) is 11.3. The van der Waals surface area contributed by atoms with E-state index in [4.69, 9.17) is 4.74 Å². The monoisotopic (exact) mass is 307 g/mol. The quantitative estimate of drug-likeness (QED) is 0.786. The predicted molar refractivity (Wildman–Crippen MR) is 89.5 cm³/mol. The zero-order valence-electron chi connectivity index (χ0n) is 12.8. The largest absolute Gasteiger partial charge is 0.467 e. The molecule has 0 spiro atoms. The molecule has 5 nitrogen and oxygen atoms in total. The number of hydrogen-bond donors (Lipinski definition) is 1. The fourth-order valence-corrected chi connectivity index (χ4v) is 2.30. The van der Waals surface area contributed by atoms with Gasteiger partial charge in [0.25, 0.3) is 5.91 Å². The molecule has 0 radical (unpaired) electrons. The maximum absolute atomic E-state index is 12.0. The zero-order valence-corrected chi connectivity index (χ0v) is 12.8. The van der Waals surface area contributed by atoms with Crippen LogP contribution in [0.2, 0.25) is 0 Å². The maximum atomic E-state index is 12.0. The van der Waals surface area contributed by atoms with Crippen molar-refractivity contribution in [3.8, 4) is 5.88 Å². The van der Waals surface area contributed by atoms with E-state index in [2.05, 4.69) is 22.2 Å². The fourth-order valence-electron chi connectivity index (χ4n) is 2.30. The first kappa shape index (κ1) is 15.0. The molecule has 1 heterocycles. The van der Waals surface area contributed by atoms with Gasteiger partial charge in [-0.25, -0.2) is 9.97 Å². The Morgan fingerprint density at radius 1 is 1.13 bits per heavy atom. The van der Waals surface area contributed by atoms with Crippen molar-refractivity contribution in [1.82, 2.24) is 9.97 Å². The van der Waals surface area contributed by atoms with Crippen LogP contribution in [0.3, 0.4) is 0 Å². The third-order valence-corrected chi connectivity index (χ3v) is 3.47. The number of amides is 1. The molecule has 3 aromatic rings. The Labute approximate surface area is 134 Å². The van der Waals surface area contributed by atoms with Gasteiger partial charge in [-0.15, -0.1) is 0 Å². The van der Waals surface area contributed by atoms with Crippen molar-refractivity contribution >= 4 is 22.5 Å². The summed E-state index contributed by atoms with van der Waals surface area (Å²) in [5.74, 6) is 0.189. The number of fused-ring (bicyclic) bond motifs is 1. The van der Waals surface area contributed by atoms with Crippen LogP contribution in [0.4, 0.5) is 5.69 Å². The third kappa shape index (κ3) is 3.63. The van der Waals surface area contributed by atoms with Crippen LogP contribution in [0.5, 0.6) is 5.88 Å². The summed E-state index contributed by atoms with van der Waals surface area (Å²) in [4.78, 5) is 20.3. The van der Waals surface area contributed by atoms with Gasteiger partial charge < -0.3 is 10.1 Å². The number of benzene rings is 2. The molecule has 0 aliphatic carbocycles. The van der Waals surface area contributed by atoms with Crippen LogP contribution in [0.15, 0.2) is 54.9 Å². The highest BCUT2D eigenvalue weighted by atomic mass is 16.5. The highest BCUT2D eigenvalue weighted by Gasteiger charge is 2.08. The third-order valence-electron chi connectivity index (χ3n) is 3.47. The van der Waals surface area contributed by atoms with Gasteiger partial charge in [-0.1, -0.05) is 31.2 Å². The number of aromatic nitrogens is 2. The van der Waals surface area contributed by atoms with E-state index >= 15 is 0 Å². The number of anilines is 1. The topological polar surface area (TPSA) is 64.1 Å². The van der Waals surface area contributed by atoms with Crippen LogP contribution in [0.25, 0.3) is 10.9 Å². The summed E-state index contributed by atoms with van der Waals surface area (Å²) in [6.07, 6.45) is 2.35. The first-order valence-electron chi connectivity index (χ1n) is 7.47. The molecule has 0 aliphatic rings. The summed E-state index contributed by atoms with van der Waals surface area (Å²) in [6.45, 7) is 1.97. The van der Waals surface area contributed by atoms with Crippen LogP contribution in [-0.4, -0.2) is 22.5 Å². The van der Waals surface area contributed by atoms with Crippen LogP contribution >= 0.6 is 0 Å². The highest BCUT2D eigenvalue weighted by Crippen LogP contribution is 2.20. The Balaban J connectivity index is 1.66. The van der Waals surface area contributed by atoms with Gasteiger partial charge in [0, 0.05) is 5.69 Å². The average molecular weight is 307 g/mol. The van der Waals surface area contributed by atoms with Crippen LogP contribution in [0, 0.1) is 0 Å². The lowest BCUT2D eigenvalue weighted by molar-refractivity contribution is -0.118. The molecule has 1 N–H and O–H groups in total. The summed E-state index contributed by atoms with van der Waals surface area (Å²) in [5.41, 5.74) is 2.73. The molecule has 0 aliphatic heterocycles. The van der Waals surface area contributed by atoms with Gasteiger partial charge in [-0.2, -0.15) is 0 Å². The molecule has 0 fully saturated rings. The van der Waals surface area contributed by atoms with Gasteiger partial charge in [0.15, 0.2) is 6.61 Å². The molecule has 0 bridgehead atoms. The van der Waals surface area contributed by atoms with Crippen molar-refractivity contribution in [2.24, 2.45) is 0 Å². The second-order valence-corrected chi connectivity index (χ2v) is 5.09. The number of carbonyl (C=O) groups is 1. The van der Waals surface area contributed by atoms with Gasteiger partial charge in [0.1, 0.15) is 6.33 Å². The molecule has 0 unspecified atom stereocenters. The molecule has 5 heteroatoms. The van der Waals surface area contributed by atoms with Crippen LogP contribution < -0.4 is 10.1 Å². The average Bonchev–Trinajstić information content (AvgIpc) is 2.60. The van der Waals surface area contributed by atoms with Crippen molar-refractivity contribution in [3.63, 3.8) is 0 Å². The van der Waals surface area contributed by atoms with E-state index in [-0.39, 0.29) is 12.5 Å². The van der Waals surface area contributed by atoms with Crippen molar-refractivity contribution < 1.29 is 9.53 Å². The zero-order chi connectivity index (χ0) is 16.1. The van der Waals surface area contributed by atoms with Gasteiger partial charge in [0.2, 0.25) is 5.88 Å². The van der Waals surface area contributed by atoms with Crippen molar-refractivity contribution in [1.29, 1.82) is 0 Å². The SMILES string of the molecule is CCc1cccc(NC(=O)COc2ncnc3ccccc23)c1. The van der Waals surface area contributed by atoms with E-state index in [1.165, 1.54) is 11.9 Å². The molecular formula is C18H17N3O2. The Kier molecular flexibility index (Phi) is 4.47. The number of carbonyl (C=O) groups excluding carboxylic acids is 1. The van der Waals surface area contributed by atoms with Gasteiger partial charge in [-0.05, 0) is 36.2 Å². The minimum Gasteiger partial charge on any atom is -0.467 e. The van der Waals surface area contributed by atoms with E-state index in [1.54, 1.807) is 0 Å². The molecule has 1 aromatic heterocycles. The van der Waals surface area contributed by atoms with Gasteiger partial charge in [-0.3, -0.25) is 4.79 Å². The number of nitrogens with one attached hydrogen (secondary N) is 1. The Hall–Kier alpha value is -2.95. The first-order valence-corrected chi connectivity index (χ1v) is 7.47. The van der Waals surface area contributed by atoms with Crippen LogP contribution in [0.1, 0.15) is 12.5 Å². The summed E-state index contributed by atoms with van der Waals surface area (Å²) in [5, 5.41) is 3.62. The summed E-state index contributed by atoms with van der Waals surface area (Å²) < 4.78 is 5.55. The summed E-state index contributed by atoms with van der Waals surface area (Å²) >= 11 is 0. The molecule has 23 heavy (non-hydrogen) atoms. The smallest absolute Gasteiger partial charge is 0.262 e. The number of rotatable bonds is 5. The van der Waals surface area contributed by atoms with Crippen molar-refractivity contribution in [3.05, 3.63) is 60.4 Å². The summed E-state index contributed by atoms with van der Waals surface area (Å²) in [7, 11) is 0. The molecule has 3 rings (SSSR count). The number of ether oxygens (including phenoxy) is 1.